The number of hydrogen-bond donors (Lipinski definition) is 1. The van der Waals surface area contributed by atoms with Crippen LogP contribution in [0.4, 0.5) is 0 Å². The van der Waals surface area contributed by atoms with Gasteiger partial charge in [0.25, 0.3) is 0 Å². The number of ether oxygens (including phenoxy) is 1. The Kier molecular flexibility index (Phi) is 3.03. The van der Waals surface area contributed by atoms with Crippen LogP contribution >= 0.6 is 0 Å². The quantitative estimate of drug-likeness (QED) is 0.733. The minimum Gasteiger partial charge on any atom is -0.396 e. The van der Waals surface area contributed by atoms with E-state index >= 15 is 0 Å². The molecule has 1 rings (SSSR count). The second kappa shape index (κ2) is 3.58. The highest BCUT2D eigenvalue weighted by Crippen LogP contribution is 2.43. The highest BCUT2D eigenvalue weighted by Gasteiger charge is 2.44. The van der Waals surface area contributed by atoms with Gasteiger partial charge in [0.2, 0.25) is 0 Å². The molecule has 0 aromatic carbocycles. The molecule has 0 aromatic rings. The first-order valence-corrected chi connectivity index (χ1v) is 5.18. The van der Waals surface area contributed by atoms with Gasteiger partial charge in [-0.2, -0.15) is 0 Å². The van der Waals surface area contributed by atoms with Crippen molar-refractivity contribution in [1.29, 1.82) is 0 Å². The predicted molar refractivity (Wildman–Crippen MR) is 53.7 cm³/mol. The standard InChI is InChI=1S/C11H22O2/c1-10(2)8-9(6-5-7-12)11(3,4)13-10/h9,12H,5-8H2,1-4H3. The van der Waals surface area contributed by atoms with Crippen LogP contribution in [0.1, 0.15) is 47.0 Å². The highest BCUT2D eigenvalue weighted by atomic mass is 16.5. The van der Waals surface area contributed by atoms with E-state index in [1.807, 2.05) is 0 Å². The van der Waals surface area contributed by atoms with Gasteiger partial charge in [-0.1, -0.05) is 0 Å². The first-order chi connectivity index (χ1) is 5.87. The molecule has 0 aliphatic carbocycles. The summed E-state index contributed by atoms with van der Waals surface area (Å²) in [7, 11) is 0. The first-order valence-electron chi connectivity index (χ1n) is 5.18. The van der Waals surface area contributed by atoms with Crippen molar-refractivity contribution in [2.45, 2.75) is 58.2 Å². The molecule has 0 radical (unpaired) electrons. The number of aliphatic hydroxyl groups excluding tert-OH is 1. The second-order valence-electron chi connectivity index (χ2n) is 5.23. The number of hydrogen-bond acceptors (Lipinski definition) is 2. The lowest BCUT2D eigenvalue weighted by Crippen LogP contribution is -2.29. The van der Waals surface area contributed by atoms with E-state index in [-0.39, 0.29) is 11.2 Å². The SMILES string of the molecule is CC1(C)CC(CCCO)C(C)(C)O1. The van der Waals surface area contributed by atoms with Crippen LogP contribution in [0.3, 0.4) is 0 Å². The van der Waals surface area contributed by atoms with Gasteiger partial charge in [0.1, 0.15) is 0 Å². The molecule has 2 nitrogen and oxygen atoms in total. The third-order valence-electron chi connectivity index (χ3n) is 2.97. The van der Waals surface area contributed by atoms with Gasteiger partial charge >= 0.3 is 0 Å². The van der Waals surface area contributed by atoms with Gasteiger partial charge in [-0.15, -0.1) is 0 Å². The topological polar surface area (TPSA) is 29.5 Å². The monoisotopic (exact) mass is 186 g/mol. The summed E-state index contributed by atoms with van der Waals surface area (Å²) < 4.78 is 5.96. The zero-order chi connectivity index (χ0) is 10.1. The van der Waals surface area contributed by atoms with Crippen LogP contribution in [0, 0.1) is 5.92 Å². The molecule has 78 valence electrons. The fourth-order valence-electron chi connectivity index (χ4n) is 2.46. The fourth-order valence-corrected chi connectivity index (χ4v) is 2.46. The lowest BCUT2D eigenvalue weighted by Gasteiger charge is -2.27. The predicted octanol–water partition coefficient (Wildman–Crippen LogP) is 2.35. The van der Waals surface area contributed by atoms with E-state index in [4.69, 9.17) is 9.84 Å². The van der Waals surface area contributed by atoms with Crippen molar-refractivity contribution in [1.82, 2.24) is 0 Å². The smallest absolute Gasteiger partial charge is 0.0662 e. The third kappa shape index (κ3) is 2.68. The van der Waals surface area contributed by atoms with Gasteiger partial charge in [0.15, 0.2) is 0 Å². The van der Waals surface area contributed by atoms with Crippen molar-refractivity contribution in [2.24, 2.45) is 5.92 Å². The fraction of sp³-hybridized carbons (Fsp3) is 1.00. The Morgan fingerprint density at radius 3 is 2.31 bits per heavy atom. The van der Waals surface area contributed by atoms with Crippen molar-refractivity contribution >= 4 is 0 Å². The van der Waals surface area contributed by atoms with Gasteiger partial charge in [-0.3, -0.25) is 0 Å². The molecular formula is C11H22O2. The summed E-state index contributed by atoms with van der Waals surface area (Å²) >= 11 is 0. The molecule has 13 heavy (non-hydrogen) atoms. The lowest BCUT2D eigenvalue weighted by atomic mass is 9.84. The Bertz CT molecular complexity index is 173. The van der Waals surface area contributed by atoms with Gasteiger partial charge in [-0.05, 0) is 52.9 Å². The minimum atomic E-state index is -0.0152. The first kappa shape index (κ1) is 11.0. The van der Waals surface area contributed by atoms with E-state index in [2.05, 4.69) is 27.7 Å². The summed E-state index contributed by atoms with van der Waals surface area (Å²) in [5.41, 5.74) is 0.00227. The lowest BCUT2D eigenvalue weighted by molar-refractivity contribution is -0.0754. The molecule has 1 saturated heterocycles. The van der Waals surface area contributed by atoms with Crippen LogP contribution in [-0.4, -0.2) is 22.9 Å². The maximum atomic E-state index is 8.79. The molecular weight excluding hydrogens is 164 g/mol. The van der Waals surface area contributed by atoms with Gasteiger partial charge in [-0.25, -0.2) is 0 Å². The van der Waals surface area contributed by atoms with Crippen LogP contribution in [0.5, 0.6) is 0 Å². The molecule has 0 saturated carbocycles. The number of aliphatic hydroxyl groups is 1. The zero-order valence-corrected chi connectivity index (χ0v) is 9.26. The van der Waals surface area contributed by atoms with Crippen LogP contribution < -0.4 is 0 Å². The van der Waals surface area contributed by atoms with E-state index in [0.29, 0.717) is 12.5 Å². The van der Waals surface area contributed by atoms with E-state index in [0.717, 1.165) is 19.3 Å². The van der Waals surface area contributed by atoms with Gasteiger partial charge in [0, 0.05) is 6.61 Å². The van der Waals surface area contributed by atoms with Crippen LogP contribution in [0.2, 0.25) is 0 Å². The maximum Gasteiger partial charge on any atom is 0.0662 e. The molecule has 1 fully saturated rings. The summed E-state index contributed by atoms with van der Waals surface area (Å²) in [6, 6.07) is 0. The zero-order valence-electron chi connectivity index (χ0n) is 9.26. The average molecular weight is 186 g/mol. The molecule has 1 unspecified atom stereocenters. The molecule has 0 aromatic heterocycles. The summed E-state index contributed by atoms with van der Waals surface area (Å²) in [4.78, 5) is 0. The van der Waals surface area contributed by atoms with Crippen LogP contribution in [0.25, 0.3) is 0 Å². The Morgan fingerprint density at radius 2 is 1.92 bits per heavy atom. The molecule has 0 spiro atoms. The van der Waals surface area contributed by atoms with Crippen molar-refractivity contribution < 1.29 is 9.84 Å². The molecule has 1 N–H and O–H groups in total. The summed E-state index contributed by atoms with van der Waals surface area (Å²) in [6.07, 6.45) is 3.08. The average Bonchev–Trinajstić information content (AvgIpc) is 2.14. The Labute approximate surface area is 81.3 Å². The summed E-state index contributed by atoms with van der Waals surface area (Å²) in [6.45, 7) is 8.90. The molecule has 2 heteroatoms. The Balaban J connectivity index is 2.54. The van der Waals surface area contributed by atoms with E-state index in [1.165, 1.54) is 0 Å². The van der Waals surface area contributed by atoms with E-state index < -0.39 is 0 Å². The number of rotatable bonds is 3. The second-order valence-corrected chi connectivity index (χ2v) is 5.23. The molecule has 0 amide bonds. The van der Waals surface area contributed by atoms with Crippen molar-refractivity contribution in [2.75, 3.05) is 6.61 Å². The maximum absolute atomic E-state index is 8.79. The van der Waals surface area contributed by atoms with E-state index in [9.17, 15) is 0 Å². The van der Waals surface area contributed by atoms with E-state index in [1.54, 1.807) is 0 Å². The van der Waals surface area contributed by atoms with Gasteiger partial charge < -0.3 is 9.84 Å². The minimum absolute atomic E-state index is 0.0152. The molecule has 1 aliphatic rings. The van der Waals surface area contributed by atoms with Crippen molar-refractivity contribution in [3.63, 3.8) is 0 Å². The molecule has 1 heterocycles. The molecule has 1 atom stereocenters. The Hall–Kier alpha value is -0.0800. The third-order valence-corrected chi connectivity index (χ3v) is 2.97. The highest BCUT2D eigenvalue weighted by molar-refractivity contribution is 4.93. The summed E-state index contributed by atoms with van der Waals surface area (Å²) in [5.74, 6) is 0.592. The van der Waals surface area contributed by atoms with Crippen molar-refractivity contribution in [3.05, 3.63) is 0 Å². The largest absolute Gasteiger partial charge is 0.396 e. The van der Waals surface area contributed by atoms with Crippen molar-refractivity contribution in [3.8, 4) is 0 Å². The normalized spacial score (nSPS) is 30.7. The van der Waals surface area contributed by atoms with Crippen LogP contribution in [0.15, 0.2) is 0 Å². The summed E-state index contributed by atoms with van der Waals surface area (Å²) in [5, 5.41) is 8.79. The van der Waals surface area contributed by atoms with Gasteiger partial charge in [0.05, 0.1) is 11.2 Å². The molecule has 0 bridgehead atoms. The molecule has 1 aliphatic heterocycles. The Morgan fingerprint density at radius 1 is 1.31 bits per heavy atom. The van der Waals surface area contributed by atoms with Crippen LogP contribution in [-0.2, 0) is 4.74 Å².